The van der Waals surface area contributed by atoms with Crippen molar-refractivity contribution < 1.29 is 17.6 Å². The van der Waals surface area contributed by atoms with E-state index in [0.29, 0.717) is 21.5 Å². The maximum atomic E-state index is 14.9. The Kier molecular flexibility index (Phi) is 8.30. The number of halogens is 8. The highest BCUT2D eigenvalue weighted by Gasteiger charge is 2.18. The van der Waals surface area contributed by atoms with Crippen molar-refractivity contribution in [2.75, 3.05) is 0 Å². The minimum atomic E-state index is -0.311. The molecule has 10 aromatic carbocycles. The van der Waals surface area contributed by atoms with E-state index in [9.17, 15) is 17.6 Å². The van der Waals surface area contributed by atoms with Crippen LogP contribution in [-0.2, 0) is 0 Å². The minimum Gasteiger partial charge on any atom is -0.206 e. The van der Waals surface area contributed by atoms with Gasteiger partial charge in [0, 0.05) is 61.0 Å². The zero-order valence-electron chi connectivity index (χ0n) is 26.6. The van der Waals surface area contributed by atoms with Crippen LogP contribution in [-0.4, -0.2) is 0 Å². The van der Waals surface area contributed by atoms with Crippen LogP contribution in [0.25, 0.3) is 86.2 Å². The highest BCUT2D eigenvalue weighted by Crippen LogP contribution is 2.43. The molecule has 0 spiro atoms. The number of rotatable bonds is 0. The number of benzene rings is 10. The van der Waals surface area contributed by atoms with E-state index in [2.05, 4.69) is 63.7 Å². The maximum absolute atomic E-state index is 14.9. The van der Waals surface area contributed by atoms with Gasteiger partial charge in [0.1, 0.15) is 23.3 Å². The fraction of sp³-hybridized carbons (Fsp3) is 0. The van der Waals surface area contributed by atoms with Crippen LogP contribution in [0.1, 0.15) is 0 Å². The molecule has 0 unspecified atom stereocenters. The van der Waals surface area contributed by atoms with Gasteiger partial charge in [-0.05, 0) is 91.6 Å². The van der Waals surface area contributed by atoms with Gasteiger partial charge in [0.15, 0.2) is 0 Å². The van der Waals surface area contributed by atoms with E-state index in [1.54, 1.807) is 24.3 Å². The summed E-state index contributed by atoms with van der Waals surface area (Å²) in [5.41, 5.74) is 0. The van der Waals surface area contributed by atoms with E-state index in [0.717, 1.165) is 82.5 Å². The van der Waals surface area contributed by atoms with E-state index in [-0.39, 0.29) is 23.3 Å². The van der Waals surface area contributed by atoms with Crippen LogP contribution in [0.4, 0.5) is 17.6 Å². The Hall–Kier alpha value is -4.08. The van der Waals surface area contributed by atoms with Crippen molar-refractivity contribution >= 4 is 150 Å². The van der Waals surface area contributed by atoms with Gasteiger partial charge in [0.25, 0.3) is 0 Å². The van der Waals surface area contributed by atoms with E-state index in [1.807, 2.05) is 72.8 Å². The SMILES string of the molecule is Fc1ccc(Br)c2ccc3ccc4ccc5c(Br)ccc(F)c5c4c3c12.Fc1ccc(Br)c2ccc3ccc4ccc5c(Br)ccc(F)c5c4c3c12. The number of hydrogen-bond donors (Lipinski definition) is 0. The summed E-state index contributed by atoms with van der Waals surface area (Å²) in [6, 6.07) is 35.8. The fourth-order valence-corrected chi connectivity index (χ4v) is 9.38. The summed E-state index contributed by atoms with van der Waals surface area (Å²) >= 11 is 14.0. The third kappa shape index (κ3) is 5.17. The molecule has 10 rings (SSSR count). The topological polar surface area (TPSA) is 0 Å². The smallest absolute Gasteiger partial charge is 0.131 e. The average Bonchev–Trinajstić information content (AvgIpc) is 3.16. The van der Waals surface area contributed by atoms with Crippen LogP contribution in [0, 0.1) is 23.3 Å². The lowest BCUT2D eigenvalue weighted by Gasteiger charge is -2.13. The summed E-state index contributed by atoms with van der Waals surface area (Å²) in [6.07, 6.45) is 0. The van der Waals surface area contributed by atoms with Crippen LogP contribution in [0.5, 0.6) is 0 Å². The molecule has 0 aliphatic carbocycles. The van der Waals surface area contributed by atoms with E-state index in [4.69, 9.17) is 0 Å². The first-order chi connectivity index (χ1) is 25.1. The summed E-state index contributed by atoms with van der Waals surface area (Å²) in [6.45, 7) is 0. The molecule has 0 aliphatic heterocycles. The van der Waals surface area contributed by atoms with Gasteiger partial charge >= 0.3 is 0 Å². The van der Waals surface area contributed by atoms with Gasteiger partial charge in [0.05, 0.1) is 0 Å². The Morgan fingerprint density at radius 1 is 0.231 bits per heavy atom. The van der Waals surface area contributed by atoms with Crippen molar-refractivity contribution in [3.05, 3.63) is 162 Å². The van der Waals surface area contributed by atoms with Gasteiger partial charge in [-0.1, -0.05) is 137 Å². The molecule has 0 bridgehead atoms. The normalized spacial score (nSPS) is 11.8. The molecule has 252 valence electrons. The molecular formula is C44H20Br4F4. The monoisotopic (exact) mass is 940 g/mol. The largest absolute Gasteiger partial charge is 0.206 e. The van der Waals surface area contributed by atoms with Crippen LogP contribution < -0.4 is 0 Å². The highest BCUT2D eigenvalue weighted by molar-refractivity contribution is 9.11. The predicted octanol–water partition coefficient (Wildman–Crippen LogP) is 16.2. The van der Waals surface area contributed by atoms with E-state index < -0.39 is 0 Å². The quantitative estimate of drug-likeness (QED) is 0.105. The Balaban J connectivity index is 0.000000138. The first-order valence-corrected chi connectivity index (χ1v) is 19.3. The predicted molar refractivity (Wildman–Crippen MR) is 224 cm³/mol. The summed E-state index contributed by atoms with van der Waals surface area (Å²) in [5, 5.41) is 11.6. The average molecular weight is 944 g/mol. The Labute approximate surface area is 327 Å². The standard InChI is InChI=1S/2C22H10Br2F2/c2*23-15-7-9-17(25)21-13(15)5-3-11-1-2-12-4-6-14-16(24)8-10-18(26)22(14)20(12)19(11)21/h2*1-10H. The Bertz CT molecular complexity index is 2750. The molecule has 8 heteroatoms. The second kappa shape index (κ2) is 12.8. The maximum Gasteiger partial charge on any atom is 0.131 e. The Morgan fingerprint density at radius 2 is 0.423 bits per heavy atom. The Morgan fingerprint density at radius 3 is 0.635 bits per heavy atom. The molecule has 0 saturated carbocycles. The molecule has 0 aromatic heterocycles. The van der Waals surface area contributed by atoms with Gasteiger partial charge in [-0.3, -0.25) is 0 Å². The molecule has 52 heavy (non-hydrogen) atoms. The van der Waals surface area contributed by atoms with E-state index >= 15 is 0 Å². The highest BCUT2D eigenvalue weighted by atomic mass is 79.9. The third-order valence-electron chi connectivity index (χ3n) is 9.82. The first-order valence-electron chi connectivity index (χ1n) is 16.1. The number of fused-ring (bicyclic) bond motifs is 14. The lowest BCUT2D eigenvalue weighted by molar-refractivity contribution is 0.639. The lowest BCUT2D eigenvalue weighted by atomic mass is 9.92. The van der Waals surface area contributed by atoms with Crippen molar-refractivity contribution in [1.29, 1.82) is 0 Å². The number of hydrogen-bond acceptors (Lipinski definition) is 0. The van der Waals surface area contributed by atoms with Gasteiger partial charge in [-0.25, -0.2) is 17.6 Å². The molecule has 0 fully saturated rings. The second-order valence-electron chi connectivity index (χ2n) is 12.6. The van der Waals surface area contributed by atoms with Crippen LogP contribution >= 0.6 is 63.7 Å². The summed E-state index contributed by atoms with van der Waals surface area (Å²) < 4.78 is 62.8. The molecule has 0 saturated heterocycles. The molecule has 0 N–H and O–H groups in total. The van der Waals surface area contributed by atoms with Crippen LogP contribution in [0.3, 0.4) is 0 Å². The van der Waals surface area contributed by atoms with Crippen molar-refractivity contribution in [3.63, 3.8) is 0 Å². The third-order valence-corrected chi connectivity index (χ3v) is 12.6. The zero-order valence-corrected chi connectivity index (χ0v) is 32.9. The van der Waals surface area contributed by atoms with Gasteiger partial charge in [-0.2, -0.15) is 0 Å². The lowest BCUT2D eigenvalue weighted by Crippen LogP contribution is -1.89. The van der Waals surface area contributed by atoms with Crippen molar-refractivity contribution in [2.45, 2.75) is 0 Å². The summed E-state index contributed by atoms with van der Waals surface area (Å²) in [7, 11) is 0. The van der Waals surface area contributed by atoms with Crippen LogP contribution in [0.15, 0.2) is 139 Å². The van der Waals surface area contributed by atoms with Crippen molar-refractivity contribution in [3.8, 4) is 0 Å². The summed E-state index contributed by atoms with van der Waals surface area (Å²) in [4.78, 5) is 0. The molecule has 0 nitrogen and oxygen atoms in total. The van der Waals surface area contributed by atoms with Gasteiger partial charge < -0.3 is 0 Å². The minimum absolute atomic E-state index is 0.311. The first kappa shape index (κ1) is 33.7. The van der Waals surface area contributed by atoms with Crippen LogP contribution in [0.2, 0.25) is 0 Å². The molecule has 0 radical (unpaired) electrons. The van der Waals surface area contributed by atoms with Crippen molar-refractivity contribution in [2.24, 2.45) is 0 Å². The molecule has 0 heterocycles. The fourth-order valence-electron chi connectivity index (χ4n) is 7.53. The second-order valence-corrected chi connectivity index (χ2v) is 16.0. The van der Waals surface area contributed by atoms with Gasteiger partial charge in [-0.15, -0.1) is 0 Å². The molecular weight excluding hydrogens is 924 g/mol. The zero-order chi connectivity index (χ0) is 36.0. The molecule has 0 amide bonds. The summed E-state index contributed by atoms with van der Waals surface area (Å²) in [5.74, 6) is -1.25. The molecule has 10 aromatic rings. The van der Waals surface area contributed by atoms with E-state index in [1.165, 1.54) is 24.3 Å². The van der Waals surface area contributed by atoms with Gasteiger partial charge in [0.2, 0.25) is 0 Å². The van der Waals surface area contributed by atoms with Crippen molar-refractivity contribution in [1.82, 2.24) is 0 Å². The molecule has 0 atom stereocenters. The molecule has 0 aliphatic rings.